The molecule has 0 aliphatic carbocycles. The van der Waals surface area contributed by atoms with Crippen molar-refractivity contribution in [2.45, 2.75) is 26.1 Å². The Morgan fingerprint density at radius 1 is 1.33 bits per heavy atom. The molecule has 0 spiro atoms. The second kappa shape index (κ2) is 6.49. The Labute approximate surface area is 122 Å². The minimum absolute atomic E-state index is 0.0245. The van der Waals surface area contributed by atoms with Crippen molar-refractivity contribution >= 4 is 17.7 Å². The number of hydrogen-bond donors (Lipinski definition) is 1. The number of morpholine rings is 1. The van der Waals surface area contributed by atoms with Crippen molar-refractivity contribution in [1.29, 1.82) is 0 Å². The molecule has 1 fully saturated rings. The minimum Gasteiger partial charge on any atom is -0.451 e. The number of amides is 1. The third kappa shape index (κ3) is 3.88. The highest BCUT2D eigenvalue weighted by atomic mass is 16.5. The first kappa shape index (κ1) is 15.2. The maximum atomic E-state index is 12.0. The van der Waals surface area contributed by atoms with Gasteiger partial charge in [-0.25, -0.2) is 14.8 Å². The highest BCUT2D eigenvalue weighted by Gasteiger charge is 2.26. The third-order valence-electron chi connectivity index (χ3n) is 3.02. The number of hydrogen-bond acceptors (Lipinski definition) is 7. The van der Waals surface area contributed by atoms with Crippen LogP contribution in [0.3, 0.4) is 0 Å². The zero-order chi connectivity index (χ0) is 15.4. The van der Waals surface area contributed by atoms with Crippen LogP contribution in [-0.2, 0) is 14.3 Å². The maximum Gasteiger partial charge on any atom is 0.361 e. The fourth-order valence-corrected chi connectivity index (χ4v) is 2.17. The normalized spacial score (nSPS) is 21.9. The molecule has 0 saturated carbocycles. The number of nitrogen functional groups attached to an aromatic ring is 1. The SMILES string of the molecule is C[C@@H]1CN(C(=O)COC(=O)c2nccnc2N)C[C@H](C)O1. The number of nitrogens with zero attached hydrogens (tertiary/aromatic N) is 3. The van der Waals surface area contributed by atoms with Gasteiger partial charge >= 0.3 is 5.97 Å². The predicted octanol–water partition coefficient (Wildman–Crippen LogP) is -0.149. The lowest BCUT2D eigenvalue weighted by molar-refractivity contribution is -0.146. The van der Waals surface area contributed by atoms with Crippen LogP contribution < -0.4 is 5.73 Å². The quantitative estimate of drug-likeness (QED) is 0.772. The summed E-state index contributed by atoms with van der Waals surface area (Å²) < 4.78 is 10.5. The lowest BCUT2D eigenvalue weighted by Crippen LogP contribution is -2.49. The van der Waals surface area contributed by atoms with E-state index in [0.717, 1.165) is 0 Å². The molecule has 2 atom stereocenters. The summed E-state index contributed by atoms with van der Waals surface area (Å²) in [6, 6.07) is 0. The fraction of sp³-hybridized carbons (Fsp3) is 0.538. The molecule has 114 valence electrons. The average molecular weight is 294 g/mol. The van der Waals surface area contributed by atoms with Crippen molar-refractivity contribution in [3.8, 4) is 0 Å². The second-order valence-corrected chi connectivity index (χ2v) is 4.92. The second-order valence-electron chi connectivity index (χ2n) is 4.92. The van der Waals surface area contributed by atoms with E-state index in [1.165, 1.54) is 12.4 Å². The first-order valence-electron chi connectivity index (χ1n) is 6.64. The molecule has 2 heterocycles. The van der Waals surface area contributed by atoms with E-state index in [1.54, 1.807) is 4.90 Å². The Kier molecular flexibility index (Phi) is 4.69. The Morgan fingerprint density at radius 2 is 1.95 bits per heavy atom. The smallest absolute Gasteiger partial charge is 0.361 e. The van der Waals surface area contributed by atoms with Gasteiger partial charge in [-0.1, -0.05) is 0 Å². The third-order valence-corrected chi connectivity index (χ3v) is 3.02. The molecule has 1 saturated heterocycles. The number of ether oxygens (including phenoxy) is 2. The van der Waals surface area contributed by atoms with Gasteiger partial charge in [0, 0.05) is 25.5 Å². The molecule has 0 aromatic carbocycles. The van der Waals surface area contributed by atoms with Gasteiger partial charge < -0.3 is 20.1 Å². The molecule has 8 heteroatoms. The van der Waals surface area contributed by atoms with E-state index in [1.807, 2.05) is 13.8 Å². The first-order chi connectivity index (χ1) is 9.97. The van der Waals surface area contributed by atoms with Gasteiger partial charge in [-0.3, -0.25) is 4.79 Å². The van der Waals surface area contributed by atoms with Gasteiger partial charge in [0.05, 0.1) is 12.2 Å². The van der Waals surface area contributed by atoms with Crippen LogP contribution in [0, 0.1) is 0 Å². The summed E-state index contributed by atoms with van der Waals surface area (Å²) in [6.45, 7) is 4.39. The highest BCUT2D eigenvalue weighted by molar-refractivity contribution is 5.93. The van der Waals surface area contributed by atoms with Crippen LogP contribution in [0.2, 0.25) is 0 Å². The zero-order valence-electron chi connectivity index (χ0n) is 12.0. The predicted molar refractivity (Wildman–Crippen MR) is 73.3 cm³/mol. The van der Waals surface area contributed by atoms with Crippen molar-refractivity contribution in [2.75, 3.05) is 25.4 Å². The van der Waals surface area contributed by atoms with Gasteiger partial charge in [0.25, 0.3) is 5.91 Å². The molecular formula is C13H18N4O4. The summed E-state index contributed by atoms with van der Waals surface area (Å²) >= 11 is 0. The molecule has 21 heavy (non-hydrogen) atoms. The molecule has 0 bridgehead atoms. The minimum atomic E-state index is -0.761. The molecule has 1 aromatic heterocycles. The van der Waals surface area contributed by atoms with Gasteiger partial charge in [-0.15, -0.1) is 0 Å². The molecule has 0 unspecified atom stereocenters. The van der Waals surface area contributed by atoms with E-state index in [2.05, 4.69) is 9.97 Å². The first-order valence-corrected chi connectivity index (χ1v) is 6.64. The van der Waals surface area contributed by atoms with Crippen molar-refractivity contribution in [3.63, 3.8) is 0 Å². The molecule has 0 radical (unpaired) electrons. The van der Waals surface area contributed by atoms with Crippen LogP contribution in [0.5, 0.6) is 0 Å². The number of carbonyl (C=O) groups excluding carboxylic acids is 2. The van der Waals surface area contributed by atoms with Crippen molar-refractivity contribution < 1.29 is 19.1 Å². The van der Waals surface area contributed by atoms with Crippen LogP contribution in [0.15, 0.2) is 12.4 Å². The van der Waals surface area contributed by atoms with E-state index in [9.17, 15) is 9.59 Å². The summed E-state index contributed by atoms with van der Waals surface area (Å²) in [4.78, 5) is 33.0. The van der Waals surface area contributed by atoms with E-state index in [-0.39, 0.29) is 36.2 Å². The van der Waals surface area contributed by atoms with Crippen molar-refractivity contribution in [2.24, 2.45) is 0 Å². The van der Waals surface area contributed by atoms with Crippen LogP contribution in [-0.4, -0.2) is 58.6 Å². The molecule has 1 aromatic rings. The Bertz CT molecular complexity index is 527. The molecule has 2 rings (SSSR count). The summed E-state index contributed by atoms with van der Waals surface area (Å²) in [5.74, 6) is -1.06. The Balaban J connectivity index is 1.89. The van der Waals surface area contributed by atoms with Gasteiger partial charge in [0.15, 0.2) is 18.1 Å². The van der Waals surface area contributed by atoms with Crippen LogP contribution in [0.1, 0.15) is 24.3 Å². The number of carbonyl (C=O) groups is 2. The highest BCUT2D eigenvalue weighted by Crippen LogP contribution is 2.11. The average Bonchev–Trinajstić information content (AvgIpc) is 2.43. The van der Waals surface area contributed by atoms with Gasteiger partial charge in [0.2, 0.25) is 0 Å². The van der Waals surface area contributed by atoms with Crippen molar-refractivity contribution in [3.05, 3.63) is 18.1 Å². The molecule has 1 aliphatic rings. The Hall–Kier alpha value is -2.22. The fourth-order valence-electron chi connectivity index (χ4n) is 2.17. The van der Waals surface area contributed by atoms with Gasteiger partial charge in [0.1, 0.15) is 0 Å². The standard InChI is InChI=1S/C13H18N4O4/c1-8-5-17(6-9(2)21-8)10(18)7-20-13(19)11-12(14)16-4-3-15-11/h3-4,8-9H,5-7H2,1-2H3,(H2,14,16)/t8-,9+. The van der Waals surface area contributed by atoms with E-state index in [4.69, 9.17) is 15.2 Å². The molecule has 1 aliphatic heterocycles. The maximum absolute atomic E-state index is 12.0. The summed E-state index contributed by atoms with van der Waals surface area (Å²) in [6.07, 6.45) is 2.63. The summed E-state index contributed by atoms with van der Waals surface area (Å²) in [7, 11) is 0. The Morgan fingerprint density at radius 3 is 2.57 bits per heavy atom. The monoisotopic (exact) mass is 294 g/mol. The van der Waals surface area contributed by atoms with Crippen molar-refractivity contribution in [1.82, 2.24) is 14.9 Å². The number of nitrogens with two attached hydrogens (primary N) is 1. The molecular weight excluding hydrogens is 276 g/mol. The van der Waals surface area contributed by atoms with Gasteiger partial charge in [-0.2, -0.15) is 0 Å². The topological polar surface area (TPSA) is 108 Å². The summed E-state index contributed by atoms with van der Waals surface area (Å²) in [5, 5.41) is 0. The largest absolute Gasteiger partial charge is 0.451 e. The van der Waals surface area contributed by atoms with Crippen LogP contribution in [0.4, 0.5) is 5.82 Å². The van der Waals surface area contributed by atoms with E-state index in [0.29, 0.717) is 13.1 Å². The lowest BCUT2D eigenvalue weighted by atomic mass is 10.2. The lowest BCUT2D eigenvalue weighted by Gasteiger charge is -2.35. The summed E-state index contributed by atoms with van der Waals surface area (Å²) in [5.41, 5.74) is 5.43. The number of esters is 1. The van der Waals surface area contributed by atoms with E-state index < -0.39 is 5.97 Å². The number of aromatic nitrogens is 2. The van der Waals surface area contributed by atoms with Crippen LogP contribution in [0.25, 0.3) is 0 Å². The van der Waals surface area contributed by atoms with E-state index >= 15 is 0 Å². The van der Waals surface area contributed by atoms with Crippen LogP contribution >= 0.6 is 0 Å². The number of rotatable bonds is 3. The zero-order valence-corrected chi connectivity index (χ0v) is 12.0. The van der Waals surface area contributed by atoms with Gasteiger partial charge in [-0.05, 0) is 13.8 Å². The molecule has 2 N–H and O–H groups in total. The molecule has 8 nitrogen and oxygen atoms in total. The molecule has 1 amide bonds. The number of anilines is 1.